The highest BCUT2D eigenvalue weighted by Gasteiger charge is 2.25. The first-order chi connectivity index (χ1) is 14.1. The Hall–Kier alpha value is -2.38. The van der Waals surface area contributed by atoms with Crippen molar-refractivity contribution < 1.29 is 4.79 Å². The number of carbonyl (C=O) groups excluding carboxylic acids is 1. The number of benzene rings is 1. The maximum atomic E-state index is 12.8. The van der Waals surface area contributed by atoms with Crippen LogP contribution < -0.4 is 9.80 Å². The summed E-state index contributed by atoms with van der Waals surface area (Å²) in [5.41, 5.74) is 2.14. The van der Waals surface area contributed by atoms with Crippen LogP contribution in [0.25, 0.3) is 0 Å². The van der Waals surface area contributed by atoms with Gasteiger partial charge in [0.1, 0.15) is 0 Å². The van der Waals surface area contributed by atoms with E-state index in [1.807, 2.05) is 42.2 Å². The standard InChI is InChI=1S/C21H27ClN6O/c1-17-6-7-23-21(24-17)28-10-8-25(9-11-28)16-20(29)27-14-12-26(13-15-27)19-4-2-18(22)3-5-19/h2-7H,8-16H2,1H3. The van der Waals surface area contributed by atoms with Gasteiger partial charge in [-0.2, -0.15) is 0 Å². The van der Waals surface area contributed by atoms with E-state index < -0.39 is 0 Å². The molecule has 29 heavy (non-hydrogen) atoms. The summed E-state index contributed by atoms with van der Waals surface area (Å²) in [6, 6.07) is 9.81. The fraction of sp³-hybridized carbons (Fsp3) is 0.476. The molecule has 1 aromatic heterocycles. The zero-order valence-electron chi connectivity index (χ0n) is 16.8. The molecule has 0 N–H and O–H groups in total. The topological polar surface area (TPSA) is 55.8 Å². The first kappa shape index (κ1) is 19.9. The lowest BCUT2D eigenvalue weighted by Crippen LogP contribution is -2.54. The van der Waals surface area contributed by atoms with Gasteiger partial charge in [-0.15, -0.1) is 0 Å². The molecule has 4 rings (SSSR count). The van der Waals surface area contributed by atoms with E-state index in [0.29, 0.717) is 6.54 Å². The summed E-state index contributed by atoms with van der Waals surface area (Å²) in [6.45, 7) is 9.11. The van der Waals surface area contributed by atoms with Crippen molar-refractivity contribution in [1.29, 1.82) is 0 Å². The van der Waals surface area contributed by atoms with Crippen LogP contribution in [0.3, 0.4) is 0 Å². The molecule has 2 aromatic rings. The molecule has 0 aliphatic carbocycles. The summed E-state index contributed by atoms with van der Waals surface area (Å²) < 4.78 is 0. The van der Waals surface area contributed by atoms with E-state index in [0.717, 1.165) is 74.7 Å². The lowest BCUT2D eigenvalue weighted by Gasteiger charge is -2.38. The third-order valence-electron chi connectivity index (χ3n) is 5.62. The lowest BCUT2D eigenvalue weighted by atomic mass is 10.2. The van der Waals surface area contributed by atoms with Crippen molar-refractivity contribution in [3.05, 3.63) is 47.2 Å². The molecular weight excluding hydrogens is 388 g/mol. The number of carbonyl (C=O) groups is 1. The van der Waals surface area contributed by atoms with Crippen molar-refractivity contribution in [1.82, 2.24) is 19.8 Å². The zero-order chi connectivity index (χ0) is 20.2. The second kappa shape index (κ2) is 8.97. The van der Waals surface area contributed by atoms with Gasteiger partial charge in [0, 0.05) is 75.0 Å². The molecule has 2 aliphatic heterocycles. The Morgan fingerprint density at radius 2 is 1.59 bits per heavy atom. The molecule has 0 spiro atoms. The van der Waals surface area contributed by atoms with Gasteiger partial charge < -0.3 is 14.7 Å². The highest BCUT2D eigenvalue weighted by Crippen LogP contribution is 2.19. The monoisotopic (exact) mass is 414 g/mol. The molecule has 0 radical (unpaired) electrons. The molecular formula is C21H27ClN6O. The van der Waals surface area contributed by atoms with Crippen LogP contribution in [0.2, 0.25) is 5.02 Å². The van der Waals surface area contributed by atoms with Crippen LogP contribution in [0.4, 0.5) is 11.6 Å². The molecule has 7 nitrogen and oxygen atoms in total. The van der Waals surface area contributed by atoms with Crippen LogP contribution in [-0.2, 0) is 4.79 Å². The summed E-state index contributed by atoms with van der Waals surface area (Å²) in [5.74, 6) is 1.01. The van der Waals surface area contributed by atoms with Crippen LogP contribution in [0.15, 0.2) is 36.5 Å². The van der Waals surface area contributed by atoms with Gasteiger partial charge in [-0.3, -0.25) is 9.69 Å². The molecule has 0 bridgehead atoms. The minimum Gasteiger partial charge on any atom is -0.368 e. The quantitative estimate of drug-likeness (QED) is 0.761. The number of anilines is 2. The molecule has 8 heteroatoms. The average Bonchev–Trinajstić information content (AvgIpc) is 2.75. The third kappa shape index (κ3) is 4.97. The number of amides is 1. The maximum Gasteiger partial charge on any atom is 0.236 e. The van der Waals surface area contributed by atoms with Gasteiger partial charge in [-0.1, -0.05) is 11.6 Å². The molecule has 0 saturated carbocycles. The van der Waals surface area contributed by atoms with E-state index >= 15 is 0 Å². The van der Waals surface area contributed by atoms with E-state index in [4.69, 9.17) is 11.6 Å². The van der Waals surface area contributed by atoms with E-state index in [1.165, 1.54) is 0 Å². The maximum absolute atomic E-state index is 12.8. The van der Waals surface area contributed by atoms with Crippen LogP contribution in [0.1, 0.15) is 5.69 Å². The van der Waals surface area contributed by atoms with Crippen LogP contribution >= 0.6 is 11.6 Å². The van der Waals surface area contributed by atoms with Gasteiger partial charge in [-0.05, 0) is 37.3 Å². The third-order valence-corrected chi connectivity index (χ3v) is 5.87. The van der Waals surface area contributed by atoms with Gasteiger partial charge in [-0.25, -0.2) is 9.97 Å². The zero-order valence-corrected chi connectivity index (χ0v) is 17.6. The van der Waals surface area contributed by atoms with E-state index in [1.54, 1.807) is 6.20 Å². The lowest BCUT2D eigenvalue weighted by molar-refractivity contribution is -0.132. The Kier molecular flexibility index (Phi) is 6.16. The molecule has 3 heterocycles. The number of hydrogen-bond donors (Lipinski definition) is 0. The molecule has 1 amide bonds. The predicted octanol–water partition coefficient (Wildman–Crippen LogP) is 1.91. The number of halogens is 1. The first-order valence-corrected chi connectivity index (χ1v) is 10.5. The van der Waals surface area contributed by atoms with Gasteiger partial charge >= 0.3 is 0 Å². The minimum atomic E-state index is 0.223. The fourth-order valence-electron chi connectivity index (χ4n) is 3.85. The Morgan fingerprint density at radius 3 is 2.24 bits per heavy atom. The van der Waals surface area contributed by atoms with Crippen molar-refractivity contribution >= 4 is 29.1 Å². The van der Waals surface area contributed by atoms with Gasteiger partial charge in [0.2, 0.25) is 11.9 Å². The average molecular weight is 415 g/mol. The van der Waals surface area contributed by atoms with Gasteiger partial charge in [0.05, 0.1) is 6.54 Å². The summed E-state index contributed by atoms with van der Waals surface area (Å²) in [4.78, 5) is 30.4. The van der Waals surface area contributed by atoms with Crippen molar-refractivity contribution in [3.63, 3.8) is 0 Å². The molecule has 2 fully saturated rings. The number of aromatic nitrogens is 2. The van der Waals surface area contributed by atoms with E-state index in [2.05, 4.69) is 24.7 Å². The summed E-state index contributed by atoms with van der Waals surface area (Å²) in [5, 5.41) is 0.747. The number of hydrogen-bond acceptors (Lipinski definition) is 6. The highest BCUT2D eigenvalue weighted by molar-refractivity contribution is 6.30. The number of nitrogens with zero attached hydrogens (tertiary/aromatic N) is 6. The van der Waals surface area contributed by atoms with Crippen molar-refractivity contribution in [3.8, 4) is 0 Å². The number of aryl methyl sites for hydroxylation is 1. The molecule has 2 aliphatic rings. The second-order valence-corrected chi connectivity index (χ2v) is 8.04. The SMILES string of the molecule is Cc1ccnc(N2CCN(CC(=O)N3CCN(c4ccc(Cl)cc4)CC3)CC2)n1. The summed E-state index contributed by atoms with van der Waals surface area (Å²) in [6.07, 6.45) is 1.80. The fourth-order valence-corrected chi connectivity index (χ4v) is 3.98. The molecule has 0 atom stereocenters. The first-order valence-electron chi connectivity index (χ1n) is 10.1. The predicted molar refractivity (Wildman–Crippen MR) is 116 cm³/mol. The summed E-state index contributed by atoms with van der Waals surface area (Å²) >= 11 is 5.97. The van der Waals surface area contributed by atoms with Crippen LogP contribution in [0.5, 0.6) is 0 Å². The van der Waals surface area contributed by atoms with Gasteiger partial charge in [0.15, 0.2) is 0 Å². The van der Waals surface area contributed by atoms with Gasteiger partial charge in [0.25, 0.3) is 0 Å². The second-order valence-electron chi connectivity index (χ2n) is 7.61. The Bertz CT molecular complexity index is 829. The highest BCUT2D eigenvalue weighted by atomic mass is 35.5. The number of rotatable bonds is 4. The van der Waals surface area contributed by atoms with Crippen molar-refractivity contribution in [2.45, 2.75) is 6.92 Å². The molecule has 154 valence electrons. The summed E-state index contributed by atoms with van der Waals surface area (Å²) in [7, 11) is 0. The number of piperazine rings is 2. The molecule has 0 unspecified atom stereocenters. The molecule has 1 aromatic carbocycles. The van der Waals surface area contributed by atoms with Crippen molar-refractivity contribution in [2.75, 3.05) is 68.7 Å². The Labute approximate surface area is 176 Å². The van der Waals surface area contributed by atoms with Crippen molar-refractivity contribution in [2.24, 2.45) is 0 Å². The van der Waals surface area contributed by atoms with Crippen LogP contribution in [0, 0.1) is 6.92 Å². The van der Waals surface area contributed by atoms with E-state index in [9.17, 15) is 4.79 Å². The largest absolute Gasteiger partial charge is 0.368 e. The molecule has 2 saturated heterocycles. The Morgan fingerprint density at radius 1 is 0.931 bits per heavy atom. The van der Waals surface area contributed by atoms with Crippen LogP contribution in [-0.4, -0.2) is 84.6 Å². The minimum absolute atomic E-state index is 0.223. The van der Waals surface area contributed by atoms with E-state index in [-0.39, 0.29) is 5.91 Å². The smallest absolute Gasteiger partial charge is 0.236 e. The normalized spacial score (nSPS) is 18.2. The Balaban J connectivity index is 1.23.